The molecule has 6 nitrogen and oxygen atoms in total. The number of amides is 1. The maximum absolute atomic E-state index is 12.9. The average Bonchev–Trinajstić information content (AvgIpc) is 3.37. The van der Waals surface area contributed by atoms with Gasteiger partial charge in [-0.25, -0.2) is 0 Å². The highest BCUT2D eigenvalue weighted by Crippen LogP contribution is 2.40. The third-order valence-electron chi connectivity index (χ3n) is 6.32. The number of rotatable bonds is 11. The number of methoxy groups -OCH3 is 1. The maximum atomic E-state index is 12.9. The highest BCUT2D eigenvalue weighted by atomic mass is 16.7. The highest BCUT2D eigenvalue weighted by molar-refractivity contribution is 5.75. The standard InChI is InChI=1S/C30H35NO5/c1-5-30(32)31(19-22-10-13-24(14-11-22)36-21(2)3)17-16-25(26-8-6-7-9-27(26)33-4)23-12-15-28-29(18-23)35-20-34-28/h6-15,18,21,25H,5,16-17,19-20H2,1-4H3/t25-/m0/s1. The highest BCUT2D eigenvalue weighted by Gasteiger charge is 2.24. The number of nitrogens with zero attached hydrogens (tertiary/aromatic N) is 1. The van der Waals surface area contributed by atoms with E-state index in [9.17, 15) is 4.79 Å². The summed E-state index contributed by atoms with van der Waals surface area (Å²) in [7, 11) is 1.69. The van der Waals surface area contributed by atoms with Crippen LogP contribution in [0.25, 0.3) is 0 Å². The molecular formula is C30H35NO5. The Labute approximate surface area is 213 Å². The fourth-order valence-corrected chi connectivity index (χ4v) is 4.55. The number of carbonyl (C=O) groups is 1. The molecule has 0 aromatic heterocycles. The van der Waals surface area contributed by atoms with Crippen molar-refractivity contribution in [1.82, 2.24) is 4.90 Å². The number of benzene rings is 3. The molecule has 190 valence electrons. The molecule has 0 N–H and O–H groups in total. The van der Waals surface area contributed by atoms with Crippen LogP contribution in [0, 0.1) is 0 Å². The van der Waals surface area contributed by atoms with Crippen LogP contribution in [0.2, 0.25) is 0 Å². The summed E-state index contributed by atoms with van der Waals surface area (Å²) in [5.74, 6) is 3.31. The molecule has 0 saturated carbocycles. The molecule has 0 unspecified atom stereocenters. The average molecular weight is 490 g/mol. The van der Waals surface area contributed by atoms with Gasteiger partial charge in [0, 0.05) is 31.0 Å². The first kappa shape index (κ1) is 25.4. The van der Waals surface area contributed by atoms with Crippen molar-refractivity contribution in [2.45, 2.75) is 52.2 Å². The first-order valence-electron chi connectivity index (χ1n) is 12.5. The van der Waals surface area contributed by atoms with Crippen molar-refractivity contribution in [2.24, 2.45) is 0 Å². The van der Waals surface area contributed by atoms with Crippen molar-refractivity contribution in [3.05, 3.63) is 83.4 Å². The minimum Gasteiger partial charge on any atom is -0.496 e. The van der Waals surface area contributed by atoms with Crippen molar-refractivity contribution < 1.29 is 23.7 Å². The number of ether oxygens (including phenoxy) is 4. The lowest BCUT2D eigenvalue weighted by Gasteiger charge is -2.27. The van der Waals surface area contributed by atoms with Crippen molar-refractivity contribution >= 4 is 5.91 Å². The molecule has 1 atom stereocenters. The van der Waals surface area contributed by atoms with Gasteiger partial charge >= 0.3 is 0 Å². The van der Waals surface area contributed by atoms with E-state index in [0.717, 1.165) is 46.1 Å². The van der Waals surface area contributed by atoms with Crippen molar-refractivity contribution in [1.29, 1.82) is 0 Å². The smallest absolute Gasteiger partial charge is 0.231 e. The largest absolute Gasteiger partial charge is 0.496 e. The Morgan fingerprint density at radius 1 is 1.00 bits per heavy atom. The second-order valence-electron chi connectivity index (χ2n) is 9.18. The molecule has 0 spiro atoms. The molecule has 0 bridgehead atoms. The van der Waals surface area contributed by atoms with Gasteiger partial charge in [-0.3, -0.25) is 4.79 Å². The molecule has 0 saturated heterocycles. The lowest BCUT2D eigenvalue weighted by Crippen LogP contribution is -2.31. The Hall–Kier alpha value is -3.67. The summed E-state index contributed by atoms with van der Waals surface area (Å²) in [4.78, 5) is 14.9. The first-order valence-corrected chi connectivity index (χ1v) is 12.5. The number of carbonyl (C=O) groups excluding carboxylic acids is 1. The van der Waals surface area contributed by atoms with Gasteiger partial charge in [0.2, 0.25) is 12.7 Å². The van der Waals surface area contributed by atoms with Gasteiger partial charge in [0.1, 0.15) is 11.5 Å². The van der Waals surface area contributed by atoms with Crippen LogP contribution in [-0.2, 0) is 11.3 Å². The third-order valence-corrected chi connectivity index (χ3v) is 6.32. The second kappa shape index (κ2) is 11.8. The zero-order valence-corrected chi connectivity index (χ0v) is 21.5. The minimum atomic E-state index is 0.0182. The van der Waals surface area contributed by atoms with E-state index in [0.29, 0.717) is 19.5 Å². The molecule has 1 aliphatic heterocycles. The fourth-order valence-electron chi connectivity index (χ4n) is 4.55. The zero-order chi connectivity index (χ0) is 25.5. The van der Waals surface area contributed by atoms with E-state index < -0.39 is 0 Å². The third kappa shape index (κ3) is 6.11. The predicted molar refractivity (Wildman–Crippen MR) is 140 cm³/mol. The quantitative estimate of drug-likeness (QED) is 0.322. The summed E-state index contributed by atoms with van der Waals surface area (Å²) >= 11 is 0. The minimum absolute atomic E-state index is 0.0182. The molecule has 3 aromatic carbocycles. The van der Waals surface area contributed by atoms with Crippen molar-refractivity contribution in [2.75, 3.05) is 20.4 Å². The van der Waals surface area contributed by atoms with E-state index >= 15 is 0 Å². The summed E-state index contributed by atoms with van der Waals surface area (Å²) in [6, 6.07) is 22.1. The van der Waals surface area contributed by atoms with E-state index in [4.69, 9.17) is 18.9 Å². The second-order valence-corrected chi connectivity index (χ2v) is 9.18. The van der Waals surface area contributed by atoms with E-state index in [1.165, 1.54) is 0 Å². The van der Waals surface area contributed by atoms with Crippen LogP contribution in [0.15, 0.2) is 66.7 Å². The lowest BCUT2D eigenvalue weighted by atomic mass is 9.87. The summed E-state index contributed by atoms with van der Waals surface area (Å²) in [6.45, 7) is 7.31. The van der Waals surface area contributed by atoms with Gasteiger partial charge in [-0.05, 0) is 61.7 Å². The van der Waals surface area contributed by atoms with E-state index in [2.05, 4.69) is 12.1 Å². The van der Waals surface area contributed by atoms with Crippen LogP contribution in [0.3, 0.4) is 0 Å². The monoisotopic (exact) mass is 489 g/mol. The van der Waals surface area contributed by atoms with Gasteiger partial charge in [0.25, 0.3) is 0 Å². The normalized spacial score (nSPS) is 12.9. The van der Waals surface area contributed by atoms with Crippen LogP contribution < -0.4 is 18.9 Å². The topological polar surface area (TPSA) is 57.2 Å². The van der Waals surface area contributed by atoms with Gasteiger partial charge in [-0.1, -0.05) is 43.3 Å². The van der Waals surface area contributed by atoms with Crippen LogP contribution >= 0.6 is 0 Å². The fraction of sp³-hybridized carbons (Fsp3) is 0.367. The van der Waals surface area contributed by atoms with Crippen molar-refractivity contribution in [3.63, 3.8) is 0 Å². The molecule has 4 rings (SSSR count). The SMILES string of the molecule is CCC(=O)N(CC[C@@H](c1ccc2c(c1)OCO2)c1ccccc1OC)Cc1ccc(OC(C)C)cc1. The molecule has 6 heteroatoms. The Bertz CT molecular complexity index is 1160. The van der Waals surface area contributed by atoms with Gasteiger partial charge in [0.05, 0.1) is 13.2 Å². The molecule has 36 heavy (non-hydrogen) atoms. The number of hydrogen-bond donors (Lipinski definition) is 0. The zero-order valence-electron chi connectivity index (χ0n) is 21.5. The van der Waals surface area contributed by atoms with Gasteiger partial charge < -0.3 is 23.8 Å². The van der Waals surface area contributed by atoms with Gasteiger partial charge in [0.15, 0.2) is 11.5 Å². The molecular weight excluding hydrogens is 454 g/mol. The predicted octanol–water partition coefficient (Wildman–Crippen LogP) is 6.17. The molecule has 1 aliphatic rings. The van der Waals surface area contributed by atoms with Crippen molar-refractivity contribution in [3.8, 4) is 23.0 Å². The maximum Gasteiger partial charge on any atom is 0.231 e. The number of para-hydroxylation sites is 1. The Morgan fingerprint density at radius 3 is 2.47 bits per heavy atom. The van der Waals surface area contributed by atoms with Crippen LogP contribution in [0.4, 0.5) is 0 Å². The van der Waals surface area contributed by atoms with Gasteiger partial charge in [-0.15, -0.1) is 0 Å². The number of fused-ring (bicyclic) bond motifs is 1. The molecule has 0 fully saturated rings. The molecule has 3 aromatic rings. The van der Waals surface area contributed by atoms with Gasteiger partial charge in [-0.2, -0.15) is 0 Å². The Morgan fingerprint density at radius 2 is 1.75 bits per heavy atom. The Kier molecular flexibility index (Phi) is 8.36. The van der Waals surface area contributed by atoms with E-state index in [1.807, 2.05) is 80.3 Å². The lowest BCUT2D eigenvalue weighted by molar-refractivity contribution is -0.131. The summed E-state index contributed by atoms with van der Waals surface area (Å²) in [5, 5.41) is 0. The summed E-state index contributed by atoms with van der Waals surface area (Å²) in [6.07, 6.45) is 1.31. The van der Waals surface area contributed by atoms with E-state index in [1.54, 1.807) is 7.11 Å². The molecule has 1 amide bonds. The molecule has 0 radical (unpaired) electrons. The van der Waals surface area contributed by atoms with Crippen LogP contribution in [0.1, 0.15) is 56.2 Å². The summed E-state index contributed by atoms with van der Waals surface area (Å²) in [5.41, 5.74) is 3.26. The summed E-state index contributed by atoms with van der Waals surface area (Å²) < 4.78 is 22.6. The number of hydrogen-bond acceptors (Lipinski definition) is 5. The van der Waals surface area contributed by atoms with Crippen LogP contribution in [0.5, 0.6) is 23.0 Å². The molecule has 1 heterocycles. The molecule has 0 aliphatic carbocycles. The van der Waals surface area contributed by atoms with Crippen LogP contribution in [-0.4, -0.2) is 37.4 Å². The first-order chi connectivity index (χ1) is 17.5. The van der Waals surface area contributed by atoms with E-state index in [-0.39, 0.29) is 24.7 Å². The Balaban J connectivity index is 1.57.